The van der Waals surface area contributed by atoms with Gasteiger partial charge in [-0.3, -0.25) is 4.79 Å². The third-order valence-corrected chi connectivity index (χ3v) is 8.78. The fourth-order valence-corrected chi connectivity index (χ4v) is 6.31. The van der Waals surface area contributed by atoms with Crippen molar-refractivity contribution in [2.24, 2.45) is 0 Å². The van der Waals surface area contributed by atoms with Crippen LogP contribution in [0.1, 0.15) is 33.1 Å². The summed E-state index contributed by atoms with van der Waals surface area (Å²) < 4.78 is 29.2. The number of nitrogens with zero attached hydrogens (tertiary/aromatic N) is 4. The number of thioether (sulfide) groups is 1. The monoisotopic (exact) mass is 499 g/mol. The molecule has 8 nitrogen and oxygen atoms in total. The first kappa shape index (κ1) is 24.4. The molecule has 0 radical (unpaired) electrons. The first-order valence-electron chi connectivity index (χ1n) is 11.5. The zero-order chi connectivity index (χ0) is 24.1. The standard InChI is InChI=1S/C24H29N5O3S2/c1-3-29-22(19-10-6-4-7-11-19)26-27-24(29)33-18(2)23(30)25-20-12-14-21(15-13-20)34(31,32)28-16-8-5-9-17-28/h4,6-7,10-15,18H,3,5,8-9,16-17H2,1-2H3,(H,25,30). The van der Waals surface area contributed by atoms with Gasteiger partial charge in [-0.25, -0.2) is 8.42 Å². The van der Waals surface area contributed by atoms with E-state index in [1.54, 1.807) is 24.3 Å². The summed E-state index contributed by atoms with van der Waals surface area (Å²) in [5, 5.41) is 11.7. The molecule has 180 valence electrons. The van der Waals surface area contributed by atoms with Crippen molar-refractivity contribution in [3.05, 3.63) is 54.6 Å². The van der Waals surface area contributed by atoms with E-state index < -0.39 is 15.3 Å². The second-order valence-corrected chi connectivity index (χ2v) is 11.4. The Morgan fingerprint density at radius 3 is 2.35 bits per heavy atom. The van der Waals surface area contributed by atoms with E-state index in [-0.39, 0.29) is 10.8 Å². The zero-order valence-corrected chi connectivity index (χ0v) is 21.0. The summed E-state index contributed by atoms with van der Waals surface area (Å²) in [5.74, 6) is 0.576. The molecular formula is C24H29N5O3S2. The van der Waals surface area contributed by atoms with E-state index in [4.69, 9.17) is 0 Å². The van der Waals surface area contributed by atoms with Gasteiger partial charge in [0.25, 0.3) is 0 Å². The van der Waals surface area contributed by atoms with Crippen LogP contribution < -0.4 is 5.32 Å². The van der Waals surface area contributed by atoms with Crippen LogP contribution in [0.4, 0.5) is 5.69 Å². The normalized spacial score (nSPS) is 15.7. The lowest BCUT2D eigenvalue weighted by molar-refractivity contribution is -0.115. The van der Waals surface area contributed by atoms with Crippen molar-refractivity contribution in [3.63, 3.8) is 0 Å². The Morgan fingerprint density at radius 2 is 1.71 bits per heavy atom. The SMILES string of the molecule is CCn1c(SC(C)C(=O)Nc2ccc(S(=O)(=O)N3CCCCC3)cc2)nnc1-c1ccccc1. The van der Waals surface area contributed by atoms with Crippen LogP contribution in [0.3, 0.4) is 0 Å². The van der Waals surface area contributed by atoms with Gasteiger partial charge in [-0.15, -0.1) is 10.2 Å². The maximum atomic E-state index is 12.8. The molecule has 4 rings (SSSR count). The van der Waals surface area contributed by atoms with Crippen molar-refractivity contribution in [2.75, 3.05) is 18.4 Å². The lowest BCUT2D eigenvalue weighted by atomic mass is 10.2. The Hall–Kier alpha value is -2.69. The lowest BCUT2D eigenvalue weighted by Crippen LogP contribution is -2.35. The van der Waals surface area contributed by atoms with Gasteiger partial charge in [-0.05, 0) is 51.0 Å². The molecule has 0 bridgehead atoms. The molecule has 0 aliphatic carbocycles. The van der Waals surface area contributed by atoms with Crippen molar-refractivity contribution in [1.29, 1.82) is 0 Å². The van der Waals surface area contributed by atoms with Crippen molar-refractivity contribution < 1.29 is 13.2 Å². The smallest absolute Gasteiger partial charge is 0.243 e. The van der Waals surface area contributed by atoms with Gasteiger partial charge in [0.05, 0.1) is 10.1 Å². The molecule has 1 amide bonds. The fourth-order valence-electron chi connectivity index (χ4n) is 3.88. The van der Waals surface area contributed by atoms with E-state index in [9.17, 15) is 13.2 Å². The van der Waals surface area contributed by atoms with Gasteiger partial charge in [0, 0.05) is 30.9 Å². The second kappa shape index (κ2) is 10.7. The predicted octanol–water partition coefficient (Wildman–Crippen LogP) is 4.26. The minimum absolute atomic E-state index is 0.191. The van der Waals surface area contributed by atoms with E-state index in [0.717, 1.165) is 30.7 Å². The molecule has 10 heteroatoms. The second-order valence-electron chi connectivity index (χ2n) is 8.15. The van der Waals surface area contributed by atoms with Crippen LogP contribution in [0.25, 0.3) is 11.4 Å². The van der Waals surface area contributed by atoms with E-state index in [2.05, 4.69) is 15.5 Å². The number of hydrogen-bond acceptors (Lipinski definition) is 6. The van der Waals surface area contributed by atoms with E-state index >= 15 is 0 Å². The van der Waals surface area contributed by atoms with Crippen molar-refractivity contribution in [1.82, 2.24) is 19.1 Å². The Bertz CT molecular complexity index is 1220. The number of benzene rings is 2. The molecule has 1 atom stereocenters. The Labute approximate surface area is 204 Å². The number of sulfonamides is 1. The highest BCUT2D eigenvalue weighted by Crippen LogP contribution is 2.28. The van der Waals surface area contributed by atoms with Gasteiger partial charge in [0.1, 0.15) is 0 Å². The molecule has 3 aromatic rings. The van der Waals surface area contributed by atoms with Crippen LogP contribution >= 0.6 is 11.8 Å². The molecule has 2 heterocycles. The number of piperidine rings is 1. The predicted molar refractivity (Wildman–Crippen MR) is 134 cm³/mol. The molecule has 1 aromatic heterocycles. The molecule has 1 N–H and O–H groups in total. The fraction of sp³-hybridized carbons (Fsp3) is 0.375. The number of nitrogens with one attached hydrogen (secondary N) is 1. The molecule has 2 aromatic carbocycles. The molecule has 34 heavy (non-hydrogen) atoms. The van der Waals surface area contributed by atoms with Gasteiger partial charge < -0.3 is 9.88 Å². The van der Waals surface area contributed by atoms with Crippen LogP contribution in [0.5, 0.6) is 0 Å². The number of carbonyl (C=O) groups is 1. The number of amides is 1. The highest BCUT2D eigenvalue weighted by Gasteiger charge is 2.26. The molecule has 1 unspecified atom stereocenters. The summed E-state index contributed by atoms with van der Waals surface area (Å²) in [6, 6.07) is 16.2. The number of aromatic nitrogens is 3. The van der Waals surface area contributed by atoms with Crippen molar-refractivity contribution in [2.45, 2.75) is 55.0 Å². The minimum atomic E-state index is -3.49. The number of hydrogen-bond donors (Lipinski definition) is 1. The Kier molecular flexibility index (Phi) is 7.70. The Morgan fingerprint density at radius 1 is 1.03 bits per heavy atom. The summed E-state index contributed by atoms with van der Waals surface area (Å²) >= 11 is 1.34. The van der Waals surface area contributed by atoms with E-state index in [1.165, 1.54) is 16.1 Å². The van der Waals surface area contributed by atoms with Crippen LogP contribution in [-0.2, 0) is 21.4 Å². The van der Waals surface area contributed by atoms with Gasteiger partial charge in [-0.1, -0.05) is 48.5 Å². The molecule has 1 aliphatic rings. The van der Waals surface area contributed by atoms with Crippen molar-refractivity contribution in [3.8, 4) is 11.4 Å². The first-order valence-corrected chi connectivity index (χ1v) is 13.8. The van der Waals surface area contributed by atoms with Crippen LogP contribution in [-0.4, -0.2) is 51.7 Å². The summed E-state index contributed by atoms with van der Waals surface area (Å²) in [6.45, 7) is 5.63. The third kappa shape index (κ3) is 5.34. The summed E-state index contributed by atoms with van der Waals surface area (Å²) in [6.07, 6.45) is 2.85. The maximum absolute atomic E-state index is 12.8. The zero-order valence-electron chi connectivity index (χ0n) is 19.3. The van der Waals surface area contributed by atoms with Gasteiger partial charge in [-0.2, -0.15) is 4.31 Å². The molecule has 1 saturated heterocycles. The number of anilines is 1. The minimum Gasteiger partial charge on any atom is -0.325 e. The first-order chi connectivity index (χ1) is 16.4. The molecule has 1 aliphatic heterocycles. The van der Waals surface area contributed by atoms with Crippen LogP contribution in [0.15, 0.2) is 64.6 Å². The third-order valence-electron chi connectivity index (χ3n) is 5.79. The average molecular weight is 500 g/mol. The summed E-state index contributed by atoms with van der Waals surface area (Å²) in [7, 11) is -3.49. The largest absolute Gasteiger partial charge is 0.325 e. The summed E-state index contributed by atoms with van der Waals surface area (Å²) in [5.41, 5.74) is 1.53. The summed E-state index contributed by atoms with van der Waals surface area (Å²) in [4.78, 5) is 13.1. The molecule has 1 fully saturated rings. The molecule has 0 saturated carbocycles. The quantitative estimate of drug-likeness (QED) is 0.465. The van der Waals surface area contributed by atoms with Gasteiger partial charge in [0.2, 0.25) is 15.9 Å². The van der Waals surface area contributed by atoms with Crippen LogP contribution in [0.2, 0.25) is 0 Å². The molecular weight excluding hydrogens is 470 g/mol. The van der Waals surface area contributed by atoms with Crippen LogP contribution in [0, 0.1) is 0 Å². The maximum Gasteiger partial charge on any atom is 0.243 e. The number of carbonyl (C=O) groups excluding carboxylic acids is 1. The topological polar surface area (TPSA) is 97.2 Å². The number of rotatable bonds is 8. The Balaban J connectivity index is 1.41. The highest BCUT2D eigenvalue weighted by molar-refractivity contribution is 8.00. The lowest BCUT2D eigenvalue weighted by Gasteiger charge is -2.25. The average Bonchev–Trinajstić information content (AvgIpc) is 3.27. The molecule has 0 spiro atoms. The van der Waals surface area contributed by atoms with Crippen molar-refractivity contribution >= 4 is 33.4 Å². The van der Waals surface area contributed by atoms with E-state index in [1.807, 2.05) is 48.7 Å². The van der Waals surface area contributed by atoms with Gasteiger partial charge in [0.15, 0.2) is 11.0 Å². The van der Waals surface area contributed by atoms with Gasteiger partial charge >= 0.3 is 0 Å². The van der Waals surface area contributed by atoms with E-state index in [0.29, 0.717) is 30.5 Å². The highest BCUT2D eigenvalue weighted by atomic mass is 32.2.